The first-order chi connectivity index (χ1) is 24.2. The molecule has 4 heteroatoms. The number of fused-ring (bicyclic) bond motifs is 5. The number of benzene rings is 4. The molecule has 0 bridgehead atoms. The molecule has 1 aliphatic rings. The minimum Gasteiger partial charge on any atom is -0.308 e. The predicted molar refractivity (Wildman–Crippen MR) is 203 cm³/mol. The number of allylic oxidation sites excluding steroid dienone is 5. The van der Waals surface area contributed by atoms with Crippen LogP contribution in [0.15, 0.2) is 176 Å². The van der Waals surface area contributed by atoms with Crippen molar-refractivity contribution in [1.29, 1.82) is 0 Å². The lowest BCUT2D eigenvalue weighted by atomic mass is 9.91. The summed E-state index contributed by atoms with van der Waals surface area (Å²) in [7, 11) is 0. The van der Waals surface area contributed by atoms with Crippen LogP contribution in [0.4, 0.5) is 0 Å². The maximum Gasteiger partial charge on any atom is 0.0896 e. The number of para-hydroxylation sites is 3. The summed E-state index contributed by atoms with van der Waals surface area (Å²) in [5.41, 5.74) is 12.5. The number of hydrogen-bond donors (Lipinski definition) is 0. The van der Waals surface area contributed by atoms with Crippen molar-refractivity contribution >= 4 is 32.7 Å². The molecule has 4 heterocycles. The van der Waals surface area contributed by atoms with Crippen LogP contribution in [0.2, 0.25) is 0 Å². The molecule has 0 aliphatic heterocycles. The molecule has 0 saturated carbocycles. The van der Waals surface area contributed by atoms with E-state index in [0.717, 1.165) is 79.0 Å². The maximum atomic E-state index is 5.32. The molecule has 9 rings (SSSR count). The third-order valence-electron chi connectivity index (χ3n) is 9.47. The van der Waals surface area contributed by atoms with E-state index in [1.165, 1.54) is 10.9 Å². The summed E-state index contributed by atoms with van der Waals surface area (Å²) < 4.78 is 2.38. The molecular weight excluding hydrogens is 597 g/mol. The van der Waals surface area contributed by atoms with Crippen molar-refractivity contribution in [3.63, 3.8) is 0 Å². The fraction of sp³-hybridized carbons (Fsp3) is 0.0444. The van der Waals surface area contributed by atoms with E-state index in [1.807, 2.05) is 24.4 Å². The predicted octanol–water partition coefficient (Wildman–Crippen LogP) is 11.3. The first-order valence-corrected chi connectivity index (χ1v) is 16.7. The molecule has 49 heavy (non-hydrogen) atoms. The van der Waals surface area contributed by atoms with Gasteiger partial charge in [-0.05, 0) is 66.1 Å². The van der Waals surface area contributed by atoms with Crippen molar-refractivity contribution < 1.29 is 0 Å². The molecule has 0 radical (unpaired) electrons. The molecule has 1 atom stereocenters. The lowest BCUT2D eigenvalue weighted by Crippen LogP contribution is -2.03. The van der Waals surface area contributed by atoms with Gasteiger partial charge >= 0.3 is 0 Å². The van der Waals surface area contributed by atoms with Gasteiger partial charge in [-0.2, -0.15) is 0 Å². The Bertz CT molecular complexity index is 2580. The minimum atomic E-state index is 0.0219. The van der Waals surface area contributed by atoms with Gasteiger partial charge < -0.3 is 4.57 Å². The highest BCUT2D eigenvalue weighted by Crippen LogP contribution is 2.41. The fourth-order valence-electron chi connectivity index (χ4n) is 7.12. The zero-order chi connectivity index (χ0) is 32.7. The Morgan fingerprint density at radius 3 is 2.22 bits per heavy atom. The summed E-state index contributed by atoms with van der Waals surface area (Å²) >= 11 is 0. The summed E-state index contributed by atoms with van der Waals surface area (Å²) in [6.45, 7) is 4.40. The lowest BCUT2D eigenvalue weighted by Gasteiger charge is -2.17. The molecule has 0 fully saturated rings. The number of pyridine rings is 3. The van der Waals surface area contributed by atoms with Crippen molar-refractivity contribution in [3.05, 3.63) is 182 Å². The van der Waals surface area contributed by atoms with Gasteiger partial charge in [-0.15, -0.1) is 0 Å². The van der Waals surface area contributed by atoms with E-state index in [9.17, 15) is 0 Å². The van der Waals surface area contributed by atoms with Gasteiger partial charge in [0.25, 0.3) is 0 Å². The molecule has 4 nitrogen and oxygen atoms in total. The minimum absolute atomic E-state index is 0.0219. The van der Waals surface area contributed by atoms with Crippen LogP contribution < -0.4 is 0 Å². The molecule has 0 N–H and O–H groups in total. The normalized spacial score (nSPS) is 14.5. The van der Waals surface area contributed by atoms with Crippen LogP contribution >= 0.6 is 0 Å². The summed E-state index contributed by atoms with van der Waals surface area (Å²) in [6.07, 6.45) is 11.2. The highest BCUT2D eigenvalue weighted by molar-refractivity contribution is 6.22. The van der Waals surface area contributed by atoms with E-state index in [2.05, 4.69) is 156 Å². The van der Waals surface area contributed by atoms with Crippen molar-refractivity contribution in [2.45, 2.75) is 12.3 Å². The average molecular weight is 629 g/mol. The first-order valence-electron chi connectivity index (χ1n) is 16.7. The lowest BCUT2D eigenvalue weighted by molar-refractivity contribution is 0.910. The van der Waals surface area contributed by atoms with Crippen LogP contribution in [0.5, 0.6) is 0 Å². The van der Waals surface area contributed by atoms with E-state index in [0.29, 0.717) is 0 Å². The van der Waals surface area contributed by atoms with Gasteiger partial charge in [0.2, 0.25) is 0 Å². The summed E-state index contributed by atoms with van der Waals surface area (Å²) in [4.78, 5) is 15.1. The fourth-order valence-corrected chi connectivity index (χ4v) is 7.12. The monoisotopic (exact) mass is 628 g/mol. The molecule has 0 saturated heterocycles. The molecule has 1 unspecified atom stereocenters. The number of rotatable bonds is 5. The van der Waals surface area contributed by atoms with Crippen molar-refractivity contribution in [1.82, 2.24) is 19.5 Å². The van der Waals surface area contributed by atoms with Crippen LogP contribution in [0.25, 0.3) is 72.2 Å². The zero-order valence-electron chi connectivity index (χ0n) is 26.9. The number of hydrogen-bond acceptors (Lipinski definition) is 3. The van der Waals surface area contributed by atoms with E-state index in [4.69, 9.17) is 9.97 Å². The highest BCUT2D eigenvalue weighted by Gasteiger charge is 2.21. The SMILES string of the molecule is C=C1CC=CC=CC1c1cc(-c2ccc(-c3nc4ccccc4c4c3c3ccccc3n4-c3ccccc3)cc2)cc(-c2ccccn2)n1. The Morgan fingerprint density at radius 1 is 0.633 bits per heavy atom. The van der Waals surface area contributed by atoms with Gasteiger partial charge in [-0.1, -0.05) is 121 Å². The smallest absolute Gasteiger partial charge is 0.0896 e. The standard InChI is InChI=1S/C45H32N4/c1-30-14-4-2-7-17-35(30)40-28-33(29-41(47-40)39-21-12-13-27-46-39)31-23-25-32(26-24-31)44-43-37-19-9-11-22-42(37)49(34-15-5-3-6-16-34)45(43)36-18-8-10-20-38(36)48-44/h2-13,15-29,35H,1,14H2. The molecule has 0 spiro atoms. The summed E-state index contributed by atoms with van der Waals surface area (Å²) in [5, 5.41) is 3.47. The van der Waals surface area contributed by atoms with E-state index < -0.39 is 0 Å². The molecule has 4 aromatic heterocycles. The molecule has 0 amide bonds. The van der Waals surface area contributed by atoms with Crippen LogP contribution in [0.1, 0.15) is 18.0 Å². The zero-order valence-corrected chi connectivity index (χ0v) is 26.9. The molecule has 1 aliphatic carbocycles. The second kappa shape index (κ2) is 12.0. The van der Waals surface area contributed by atoms with Gasteiger partial charge in [-0.3, -0.25) is 9.97 Å². The van der Waals surface area contributed by atoms with Crippen LogP contribution in [0, 0.1) is 0 Å². The van der Waals surface area contributed by atoms with Crippen molar-refractivity contribution in [3.8, 4) is 39.5 Å². The second-order valence-electron chi connectivity index (χ2n) is 12.5. The molecule has 8 aromatic rings. The summed E-state index contributed by atoms with van der Waals surface area (Å²) in [6, 6.07) is 46.8. The third-order valence-corrected chi connectivity index (χ3v) is 9.47. The van der Waals surface area contributed by atoms with E-state index in [1.54, 1.807) is 0 Å². The topological polar surface area (TPSA) is 43.6 Å². The number of nitrogens with zero attached hydrogens (tertiary/aromatic N) is 4. The van der Waals surface area contributed by atoms with Gasteiger partial charge in [0.05, 0.1) is 39.3 Å². The van der Waals surface area contributed by atoms with Gasteiger partial charge in [0, 0.05) is 39.5 Å². The van der Waals surface area contributed by atoms with Gasteiger partial charge in [0.15, 0.2) is 0 Å². The quantitative estimate of drug-likeness (QED) is 0.178. The Labute approximate surface area is 285 Å². The second-order valence-corrected chi connectivity index (χ2v) is 12.5. The van der Waals surface area contributed by atoms with Crippen molar-refractivity contribution in [2.75, 3.05) is 0 Å². The third kappa shape index (κ3) is 5.06. The maximum absolute atomic E-state index is 5.32. The van der Waals surface area contributed by atoms with Gasteiger partial charge in [-0.25, -0.2) is 4.98 Å². The Kier molecular flexibility index (Phi) is 7.06. The van der Waals surface area contributed by atoms with Gasteiger partial charge in [0.1, 0.15) is 0 Å². The Morgan fingerprint density at radius 2 is 1.39 bits per heavy atom. The largest absolute Gasteiger partial charge is 0.308 e. The Balaban J connectivity index is 1.23. The van der Waals surface area contributed by atoms with E-state index in [-0.39, 0.29) is 5.92 Å². The molecular formula is C45H32N4. The Hall–Kier alpha value is -6.39. The summed E-state index contributed by atoms with van der Waals surface area (Å²) in [5.74, 6) is 0.0219. The molecule has 232 valence electrons. The molecule has 4 aromatic carbocycles. The first kappa shape index (κ1) is 28.8. The van der Waals surface area contributed by atoms with Crippen LogP contribution in [-0.4, -0.2) is 19.5 Å². The average Bonchev–Trinajstić information content (AvgIpc) is 3.37. The van der Waals surface area contributed by atoms with Crippen molar-refractivity contribution in [2.24, 2.45) is 0 Å². The highest BCUT2D eigenvalue weighted by atomic mass is 15.0. The van der Waals surface area contributed by atoms with E-state index >= 15 is 0 Å². The number of aromatic nitrogens is 4. The van der Waals surface area contributed by atoms with Crippen LogP contribution in [-0.2, 0) is 0 Å². The van der Waals surface area contributed by atoms with Crippen LogP contribution in [0.3, 0.4) is 0 Å².